The van der Waals surface area contributed by atoms with Crippen molar-refractivity contribution in [1.29, 1.82) is 0 Å². The van der Waals surface area contributed by atoms with Gasteiger partial charge in [0.2, 0.25) is 0 Å². The summed E-state index contributed by atoms with van der Waals surface area (Å²) in [7, 11) is 2.07. The van der Waals surface area contributed by atoms with Crippen molar-refractivity contribution in [2.75, 3.05) is 0 Å². The highest BCUT2D eigenvalue weighted by Gasteiger charge is 2.26. The minimum atomic E-state index is -0.253. The first-order valence-electron chi connectivity index (χ1n) is 7.88. The molecular weight excluding hydrogens is 306 g/mol. The summed E-state index contributed by atoms with van der Waals surface area (Å²) in [5.74, 6) is 2.31. The van der Waals surface area contributed by atoms with Gasteiger partial charge in [-0.25, -0.2) is 9.97 Å². The predicted octanol–water partition coefficient (Wildman–Crippen LogP) is 3.57. The predicted molar refractivity (Wildman–Crippen MR) is 94.6 cm³/mol. The molecule has 1 N–H and O–H groups in total. The number of benzene rings is 1. The topological polar surface area (TPSA) is 55.6 Å². The standard InChI is InChI=1S/C17H23N5S/c1-11(2)15-20-14(23-21-15)10-18-17(3,4)16-19-12-8-6-7-9-13(12)22(16)5/h6-9,11,18H,10H2,1-5H3. The lowest BCUT2D eigenvalue weighted by Gasteiger charge is -2.25. The van der Waals surface area contributed by atoms with Crippen LogP contribution in [0.15, 0.2) is 24.3 Å². The van der Waals surface area contributed by atoms with Gasteiger partial charge < -0.3 is 4.57 Å². The minimum absolute atomic E-state index is 0.253. The smallest absolute Gasteiger partial charge is 0.145 e. The number of hydrogen-bond acceptors (Lipinski definition) is 5. The van der Waals surface area contributed by atoms with Crippen LogP contribution in [-0.4, -0.2) is 18.9 Å². The van der Waals surface area contributed by atoms with Crippen LogP contribution < -0.4 is 5.32 Å². The minimum Gasteiger partial charge on any atom is -0.330 e. The lowest BCUT2D eigenvalue weighted by Crippen LogP contribution is -2.38. The van der Waals surface area contributed by atoms with Crippen molar-refractivity contribution in [2.45, 2.75) is 45.7 Å². The Bertz CT molecular complexity index is 815. The van der Waals surface area contributed by atoms with Gasteiger partial charge in [0.05, 0.1) is 23.1 Å². The lowest BCUT2D eigenvalue weighted by atomic mass is 10.0. The highest BCUT2D eigenvalue weighted by Crippen LogP contribution is 2.24. The Morgan fingerprint density at radius 3 is 2.61 bits per heavy atom. The van der Waals surface area contributed by atoms with Crippen LogP contribution in [-0.2, 0) is 19.1 Å². The molecular formula is C17H23N5S. The van der Waals surface area contributed by atoms with Gasteiger partial charge in [0.15, 0.2) is 0 Å². The first kappa shape index (κ1) is 16.1. The van der Waals surface area contributed by atoms with E-state index in [0.29, 0.717) is 12.5 Å². The van der Waals surface area contributed by atoms with Gasteiger partial charge in [-0.05, 0) is 37.5 Å². The largest absolute Gasteiger partial charge is 0.330 e. The maximum absolute atomic E-state index is 4.80. The summed E-state index contributed by atoms with van der Waals surface area (Å²) in [6.07, 6.45) is 0. The molecule has 0 amide bonds. The van der Waals surface area contributed by atoms with E-state index < -0.39 is 0 Å². The van der Waals surface area contributed by atoms with E-state index in [1.807, 2.05) is 12.1 Å². The number of para-hydroxylation sites is 2. The van der Waals surface area contributed by atoms with Crippen molar-refractivity contribution in [3.05, 3.63) is 40.9 Å². The molecule has 0 bridgehead atoms. The molecule has 0 saturated carbocycles. The summed E-state index contributed by atoms with van der Waals surface area (Å²) in [5.41, 5.74) is 1.92. The number of imidazole rings is 1. The third-order valence-corrected chi connectivity index (χ3v) is 4.75. The Morgan fingerprint density at radius 1 is 1.22 bits per heavy atom. The van der Waals surface area contributed by atoms with Gasteiger partial charge >= 0.3 is 0 Å². The van der Waals surface area contributed by atoms with Gasteiger partial charge in [0.25, 0.3) is 0 Å². The van der Waals surface area contributed by atoms with Gasteiger partial charge in [-0.15, -0.1) is 0 Å². The number of aryl methyl sites for hydroxylation is 1. The maximum atomic E-state index is 4.80. The van der Waals surface area contributed by atoms with Crippen LogP contribution in [0.2, 0.25) is 0 Å². The van der Waals surface area contributed by atoms with Crippen molar-refractivity contribution in [3.63, 3.8) is 0 Å². The summed E-state index contributed by atoms with van der Waals surface area (Å²) in [5, 5.41) is 4.58. The molecule has 0 fully saturated rings. The van der Waals surface area contributed by atoms with Crippen molar-refractivity contribution in [1.82, 2.24) is 24.2 Å². The molecule has 3 aromatic rings. The number of nitrogens with zero attached hydrogens (tertiary/aromatic N) is 4. The highest BCUT2D eigenvalue weighted by atomic mass is 32.1. The Kier molecular flexibility index (Phi) is 4.21. The Balaban J connectivity index is 1.81. The number of rotatable bonds is 5. The number of nitrogens with one attached hydrogen (secondary N) is 1. The van der Waals surface area contributed by atoms with Crippen LogP contribution in [0.3, 0.4) is 0 Å². The Morgan fingerprint density at radius 2 is 1.96 bits per heavy atom. The molecule has 1 aromatic carbocycles. The van der Waals surface area contributed by atoms with Gasteiger partial charge in [-0.3, -0.25) is 5.32 Å². The molecule has 0 atom stereocenters. The van der Waals surface area contributed by atoms with Gasteiger partial charge in [-0.2, -0.15) is 4.37 Å². The van der Waals surface area contributed by atoms with Crippen LogP contribution in [0.4, 0.5) is 0 Å². The second-order valence-corrected chi connectivity index (χ2v) is 7.50. The van der Waals surface area contributed by atoms with Crippen LogP contribution in [0.5, 0.6) is 0 Å². The molecule has 0 aliphatic rings. The molecule has 2 aromatic heterocycles. The molecule has 0 aliphatic heterocycles. The zero-order valence-corrected chi connectivity index (χ0v) is 15.1. The fourth-order valence-electron chi connectivity index (χ4n) is 2.65. The first-order valence-corrected chi connectivity index (χ1v) is 8.65. The van der Waals surface area contributed by atoms with E-state index in [1.54, 1.807) is 0 Å². The molecule has 2 heterocycles. The number of aromatic nitrogens is 4. The first-order chi connectivity index (χ1) is 10.9. The van der Waals surface area contributed by atoms with Crippen molar-refractivity contribution < 1.29 is 0 Å². The second-order valence-electron chi connectivity index (χ2n) is 6.66. The molecule has 6 heteroatoms. The highest BCUT2D eigenvalue weighted by molar-refractivity contribution is 7.05. The van der Waals surface area contributed by atoms with Crippen molar-refractivity contribution in [3.8, 4) is 0 Å². The lowest BCUT2D eigenvalue weighted by molar-refractivity contribution is 0.369. The van der Waals surface area contributed by atoms with Crippen molar-refractivity contribution in [2.24, 2.45) is 7.05 Å². The zero-order valence-electron chi connectivity index (χ0n) is 14.3. The van der Waals surface area contributed by atoms with E-state index in [1.165, 1.54) is 11.5 Å². The number of hydrogen-bond donors (Lipinski definition) is 1. The van der Waals surface area contributed by atoms with Crippen LogP contribution in [0.1, 0.15) is 50.3 Å². The Hall–Kier alpha value is -1.79. The quantitative estimate of drug-likeness (QED) is 0.777. The molecule has 0 aliphatic carbocycles. The third kappa shape index (κ3) is 3.14. The molecule has 5 nitrogen and oxygen atoms in total. The van der Waals surface area contributed by atoms with E-state index in [2.05, 4.69) is 66.1 Å². The molecule has 0 unspecified atom stereocenters. The molecule has 0 spiro atoms. The second kappa shape index (κ2) is 6.02. The van der Waals surface area contributed by atoms with E-state index in [4.69, 9.17) is 4.98 Å². The summed E-state index contributed by atoms with van der Waals surface area (Å²) >= 11 is 1.47. The van der Waals surface area contributed by atoms with E-state index >= 15 is 0 Å². The van der Waals surface area contributed by atoms with E-state index in [0.717, 1.165) is 27.7 Å². The molecule has 122 valence electrons. The number of fused-ring (bicyclic) bond motifs is 1. The summed E-state index contributed by atoms with van der Waals surface area (Å²) in [4.78, 5) is 9.39. The summed E-state index contributed by atoms with van der Waals surface area (Å²) in [6.45, 7) is 9.23. The van der Waals surface area contributed by atoms with Gasteiger partial charge in [0.1, 0.15) is 16.7 Å². The maximum Gasteiger partial charge on any atom is 0.145 e. The fourth-order valence-corrected chi connectivity index (χ4v) is 3.38. The van der Waals surface area contributed by atoms with Crippen LogP contribution in [0, 0.1) is 0 Å². The monoisotopic (exact) mass is 329 g/mol. The van der Waals surface area contributed by atoms with Crippen LogP contribution >= 0.6 is 11.5 Å². The average molecular weight is 329 g/mol. The summed E-state index contributed by atoms with van der Waals surface area (Å²) in [6, 6.07) is 8.22. The summed E-state index contributed by atoms with van der Waals surface area (Å²) < 4.78 is 6.57. The normalized spacial score (nSPS) is 12.4. The molecule has 23 heavy (non-hydrogen) atoms. The SMILES string of the molecule is CC(C)c1nsc(CNC(C)(C)c2nc3ccccc3n2C)n1. The van der Waals surface area contributed by atoms with E-state index in [-0.39, 0.29) is 5.54 Å². The fraction of sp³-hybridized carbons (Fsp3) is 0.471. The third-order valence-electron chi connectivity index (χ3n) is 4.03. The zero-order chi connectivity index (χ0) is 16.6. The van der Waals surface area contributed by atoms with Crippen LogP contribution in [0.25, 0.3) is 11.0 Å². The Labute approximate surface area is 140 Å². The average Bonchev–Trinajstić information content (AvgIpc) is 3.11. The van der Waals surface area contributed by atoms with Gasteiger partial charge in [0, 0.05) is 13.0 Å². The molecule has 3 rings (SSSR count). The van der Waals surface area contributed by atoms with Crippen molar-refractivity contribution >= 4 is 22.6 Å². The molecule has 0 radical (unpaired) electrons. The molecule has 0 saturated heterocycles. The van der Waals surface area contributed by atoms with E-state index in [9.17, 15) is 0 Å². The van der Waals surface area contributed by atoms with Gasteiger partial charge in [-0.1, -0.05) is 26.0 Å².